The van der Waals surface area contributed by atoms with Crippen molar-refractivity contribution in [2.24, 2.45) is 0 Å². The summed E-state index contributed by atoms with van der Waals surface area (Å²) in [6.45, 7) is 12.1. The largest absolute Gasteiger partial charge is 0.459 e. The molecule has 2 aromatic carbocycles. The highest BCUT2D eigenvalue weighted by Gasteiger charge is 2.30. The minimum absolute atomic E-state index is 0.0731. The van der Waals surface area contributed by atoms with Crippen molar-refractivity contribution in [2.45, 2.75) is 71.8 Å². The number of nitrogens with zero attached hydrogens (tertiary/aromatic N) is 3. The first-order chi connectivity index (χ1) is 19.2. The molecule has 1 N–H and O–H groups in total. The Hall–Kier alpha value is -3.00. The first kappa shape index (κ1) is 30.0. The molecule has 0 saturated carbocycles. The molecule has 4 rings (SSSR count). The average molecular weight is 567 g/mol. The van der Waals surface area contributed by atoms with Crippen molar-refractivity contribution in [3.05, 3.63) is 93.9 Å². The van der Waals surface area contributed by atoms with Gasteiger partial charge in [0.25, 0.3) is 0 Å². The highest BCUT2D eigenvalue weighted by atomic mass is 35.5. The number of esters is 1. The molecule has 0 amide bonds. The van der Waals surface area contributed by atoms with Gasteiger partial charge in [-0.25, -0.2) is 14.2 Å². The topological polar surface area (TPSA) is 57.7 Å². The first-order valence-corrected chi connectivity index (χ1v) is 14.5. The molecular formula is C32H40ClFN4O2. The molecule has 0 bridgehead atoms. The van der Waals surface area contributed by atoms with E-state index in [0.29, 0.717) is 41.0 Å². The normalized spacial score (nSPS) is 16.1. The Bertz CT molecular complexity index is 1270. The van der Waals surface area contributed by atoms with Crippen LogP contribution >= 0.6 is 11.6 Å². The number of benzene rings is 2. The third-order valence-corrected chi connectivity index (χ3v) is 7.69. The lowest BCUT2D eigenvalue weighted by Crippen LogP contribution is -2.37. The van der Waals surface area contributed by atoms with E-state index in [1.807, 2.05) is 20.8 Å². The Labute approximate surface area is 242 Å². The number of carbonyl (C=O) groups is 1. The van der Waals surface area contributed by atoms with Gasteiger partial charge in [0.2, 0.25) is 0 Å². The lowest BCUT2D eigenvalue weighted by atomic mass is 10.1. The maximum absolute atomic E-state index is 14.2. The number of anilines is 1. The Kier molecular flexibility index (Phi) is 10.5. The lowest BCUT2D eigenvalue weighted by Gasteiger charge is -2.28. The number of pyridine rings is 1. The van der Waals surface area contributed by atoms with Crippen LogP contribution in [-0.2, 0) is 24.2 Å². The van der Waals surface area contributed by atoms with E-state index in [-0.39, 0.29) is 23.9 Å². The van der Waals surface area contributed by atoms with Gasteiger partial charge in [-0.15, -0.1) is 0 Å². The highest BCUT2D eigenvalue weighted by Crippen LogP contribution is 2.26. The number of likely N-dealkylation sites (N-methyl/N-ethyl adjacent to an activating group) is 1. The fourth-order valence-electron chi connectivity index (χ4n) is 5.29. The van der Waals surface area contributed by atoms with E-state index < -0.39 is 0 Å². The summed E-state index contributed by atoms with van der Waals surface area (Å²) in [5.74, 6) is 0.110. The van der Waals surface area contributed by atoms with Crippen molar-refractivity contribution in [1.82, 2.24) is 15.2 Å². The van der Waals surface area contributed by atoms with Crippen molar-refractivity contribution in [3.63, 3.8) is 0 Å². The molecule has 6 nitrogen and oxygen atoms in total. The average Bonchev–Trinajstić information content (AvgIpc) is 3.42. The van der Waals surface area contributed by atoms with E-state index in [0.717, 1.165) is 32.6 Å². The SMILES string of the molecule is CCN(Cc1cccc(CNC(C)Cc2c(F)cccc2Cl)c1)[C@@H]1CCN(c2ncccc2C(=O)OC(C)C)C1. The summed E-state index contributed by atoms with van der Waals surface area (Å²) in [6.07, 6.45) is 3.08. The first-order valence-electron chi connectivity index (χ1n) is 14.1. The van der Waals surface area contributed by atoms with Crippen LogP contribution in [-0.4, -0.2) is 53.7 Å². The predicted molar refractivity (Wildman–Crippen MR) is 159 cm³/mol. The second kappa shape index (κ2) is 14.1. The van der Waals surface area contributed by atoms with Crippen LogP contribution in [0.5, 0.6) is 0 Å². The van der Waals surface area contributed by atoms with E-state index >= 15 is 0 Å². The zero-order valence-corrected chi connectivity index (χ0v) is 24.6. The molecule has 0 spiro atoms. The fraction of sp³-hybridized carbons (Fsp3) is 0.438. The standard InChI is InChI=1S/C32H40ClFN4O2/c1-5-37(26-14-16-38(21-26)31-27(11-8-15-35-31)32(39)40-22(2)3)20-25-10-6-9-24(18-25)19-36-23(4)17-28-29(33)12-7-13-30(28)34/h6-13,15,18,22-23,26,36H,5,14,16-17,19-21H2,1-4H3/t23?,26-/m1/s1. The van der Waals surface area contributed by atoms with Crippen LogP contribution in [0.3, 0.4) is 0 Å². The van der Waals surface area contributed by atoms with Crippen molar-refractivity contribution in [2.75, 3.05) is 24.5 Å². The van der Waals surface area contributed by atoms with Crippen molar-refractivity contribution in [3.8, 4) is 0 Å². The lowest BCUT2D eigenvalue weighted by molar-refractivity contribution is 0.0378. The van der Waals surface area contributed by atoms with E-state index in [4.69, 9.17) is 16.3 Å². The van der Waals surface area contributed by atoms with E-state index in [9.17, 15) is 9.18 Å². The molecule has 8 heteroatoms. The third-order valence-electron chi connectivity index (χ3n) is 7.34. The molecule has 214 valence electrons. The molecule has 0 radical (unpaired) electrons. The van der Waals surface area contributed by atoms with E-state index in [1.54, 1.807) is 30.5 Å². The molecule has 40 heavy (non-hydrogen) atoms. The summed E-state index contributed by atoms with van der Waals surface area (Å²) in [5, 5.41) is 3.98. The van der Waals surface area contributed by atoms with Crippen LogP contribution in [0.1, 0.15) is 61.2 Å². The van der Waals surface area contributed by atoms with Crippen LogP contribution in [0.2, 0.25) is 5.02 Å². The van der Waals surface area contributed by atoms with Crippen molar-refractivity contribution < 1.29 is 13.9 Å². The zero-order chi connectivity index (χ0) is 28.6. The highest BCUT2D eigenvalue weighted by molar-refractivity contribution is 6.31. The summed E-state index contributed by atoms with van der Waals surface area (Å²) >= 11 is 6.21. The predicted octanol–water partition coefficient (Wildman–Crippen LogP) is 6.26. The van der Waals surface area contributed by atoms with Crippen LogP contribution in [0.4, 0.5) is 10.2 Å². The molecule has 1 aromatic heterocycles. The van der Waals surface area contributed by atoms with Crippen LogP contribution < -0.4 is 10.2 Å². The summed E-state index contributed by atoms with van der Waals surface area (Å²) in [6, 6.07) is 17.4. The molecule has 1 unspecified atom stereocenters. The number of ether oxygens (including phenoxy) is 1. The van der Waals surface area contributed by atoms with Gasteiger partial charge >= 0.3 is 5.97 Å². The minimum atomic E-state index is -0.328. The zero-order valence-electron chi connectivity index (χ0n) is 23.9. The Morgan fingerprint density at radius 2 is 1.95 bits per heavy atom. The van der Waals surface area contributed by atoms with Gasteiger partial charge in [0.1, 0.15) is 17.2 Å². The molecule has 1 aliphatic rings. The van der Waals surface area contributed by atoms with Crippen LogP contribution in [0.15, 0.2) is 60.8 Å². The number of nitrogens with one attached hydrogen (secondary N) is 1. The van der Waals surface area contributed by atoms with E-state index in [2.05, 4.69) is 51.3 Å². The van der Waals surface area contributed by atoms with Gasteiger partial charge < -0.3 is 15.0 Å². The number of carbonyl (C=O) groups excluding carboxylic acids is 1. The maximum atomic E-state index is 14.2. The smallest absolute Gasteiger partial charge is 0.342 e. The van der Waals surface area contributed by atoms with E-state index in [1.165, 1.54) is 17.2 Å². The van der Waals surface area contributed by atoms with Gasteiger partial charge in [0, 0.05) is 55.0 Å². The third kappa shape index (κ3) is 7.80. The van der Waals surface area contributed by atoms with Crippen molar-refractivity contribution >= 4 is 23.4 Å². The number of halogens is 2. The van der Waals surface area contributed by atoms with Gasteiger partial charge in [-0.05, 0) is 75.5 Å². The molecular weight excluding hydrogens is 527 g/mol. The number of aromatic nitrogens is 1. The second-order valence-corrected chi connectivity index (χ2v) is 11.2. The number of hydrogen-bond donors (Lipinski definition) is 1. The second-order valence-electron chi connectivity index (χ2n) is 10.8. The van der Waals surface area contributed by atoms with Gasteiger partial charge in [0.05, 0.1) is 6.10 Å². The molecule has 0 aliphatic carbocycles. The summed E-state index contributed by atoms with van der Waals surface area (Å²) in [4.78, 5) is 21.9. The molecule has 2 heterocycles. The van der Waals surface area contributed by atoms with Gasteiger partial charge in [-0.2, -0.15) is 0 Å². The maximum Gasteiger partial charge on any atom is 0.342 e. The Morgan fingerprint density at radius 3 is 2.70 bits per heavy atom. The van der Waals surface area contributed by atoms with Crippen LogP contribution in [0, 0.1) is 5.82 Å². The summed E-state index contributed by atoms with van der Waals surface area (Å²) < 4.78 is 19.6. The Morgan fingerprint density at radius 1 is 1.18 bits per heavy atom. The fourth-order valence-corrected chi connectivity index (χ4v) is 5.53. The number of hydrogen-bond acceptors (Lipinski definition) is 6. The molecule has 3 aromatic rings. The molecule has 1 fully saturated rings. The van der Waals surface area contributed by atoms with Gasteiger partial charge in [-0.1, -0.05) is 48.9 Å². The van der Waals surface area contributed by atoms with Crippen LogP contribution in [0.25, 0.3) is 0 Å². The van der Waals surface area contributed by atoms with Crippen molar-refractivity contribution in [1.29, 1.82) is 0 Å². The molecule has 1 aliphatic heterocycles. The monoisotopic (exact) mass is 566 g/mol. The Balaban J connectivity index is 1.35. The van der Waals surface area contributed by atoms with Gasteiger partial charge in [0.15, 0.2) is 0 Å². The quantitative estimate of drug-likeness (QED) is 0.261. The number of rotatable bonds is 12. The summed E-state index contributed by atoms with van der Waals surface area (Å²) in [7, 11) is 0. The molecule has 1 saturated heterocycles. The minimum Gasteiger partial charge on any atom is -0.459 e. The summed E-state index contributed by atoms with van der Waals surface area (Å²) in [5.41, 5.74) is 3.52. The molecule has 2 atom stereocenters. The van der Waals surface area contributed by atoms with Gasteiger partial charge in [-0.3, -0.25) is 4.90 Å².